The molecule has 0 radical (unpaired) electrons. The zero-order valence-electron chi connectivity index (χ0n) is 16.8. The first kappa shape index (κ1) is 20.8. The van der Waals surface area contributed by atoms with Gasteiger partial charge in [0.15, 0.2) is 23.0 Å². The smallest absolute Gasteiger partial charge is 0.290 e. The highest BCUT2D eigenvalue weighted by atomic mass is 16.5. The van der Waals surface area contributed by atoms with Crippen LogP contribution in [0.15, 0.2) is 29.5 Å². The van der Waals surface area contributed by atoms with Gasteiger partial charge in [-0.3, -0.25) is 9.59 Å². The maximum absolute atomic E-state index is 12.8. The lowest BCUT2D eigenvalue weighted by Crippen LogP contribution is -2.37. The van der Waals surface area contributed by atoms with Gasteiger partial charge in [-0.25, -0.2) is 0 Å². The van der Waals surface area contributed by atoms with Gasteiger partial charge in [0.2, 0.25) is 0 Å². The topological polar surface area (TPSA) is 79.3 Å². The molecule has 7 nitrogen and oxygen atoms in total. The van der Waals surface area contributed by atoms with Crippen molar-refractivity contribution >= 4 is 11.7 Å². The molecule has 1 unspecified atom stereocenters. The lowest BCUT2D eigenvalue weighted by atomic mass is 9.90. The van der Waals surface area contributed by atoms with Gasteiger partial charge < -0.3 is 24.4 Å². The van der Waals surface area contributed by atoms with Crippen molar-refractivity contribution in [3.8, 4) is 11.5 Å². The Morgan fingerprint density at radius 3 is 2.44 bits per heavy atom. The molecular formula is C20H28N2O5. The fourth-order valence-electron chi connectivity index (χ4n) is 3.21. The van der Waals surface area contributed by atoms with Crippen LogP contribution in [0.5, 0.6) is 11.5 Å². The molecule has 1 amide bonds. The van der Waals surface area contributed by atoms with E-state index in [1.165, 1.54) is 19.1 Å². The Bertz CT molecular complexity index is 755. The number of benzene rings is 1. The van der Waals surface area contributed by atoms with E-state index in [9.17, 15) is 14.7 Å². The molecule has 148 valence electrons. The number of methoxy groups -OCH3 is 2. The molecule has 7 heteroatoms. The number of likely N-dealkylation sites (N-methyl/N-ethyl adjacent to an activating group) is 1. The Kier molecular flexibility index (Phi) is 6.49. The number of Topliss-reactive ketones (excluding diaryl/α,β-unsaturated/α-hetero) is 1. The maximum Gasteiger partial charge on any atom is 0.290 e. The first-order valence-corrected chi connectivity index (χ1v) is 8.88. The van der Waals surface area contributed by atoms with E-state index in [4.69, 9.17) is 9.47 Å². The second kappa shape index (κ2) is 8.43. The zero-order valence-corrected chi connectivity index (χ0v) is 16.8. The average Bonchev–Trinajstić information content (AvgIpc) is 2.88. The van der Waals surface area contributed by atoms with E-state index >= 15 is 0 Å². The summed E-state index contributed by atoms with van der Waals surface area (Å²) in [6, 6.07) is 4.58. The van der Waals surface area contributed by atoms with E-state index in [1.54, 1.807) is 32.0 Å². The van der Waals surface area contributed by atoms with Crippen molar-refractivity contribution in [1.82, 2.24) is 9.80 Å². The standard InChI is InChI=1S/C20H28N2O5/c1-12(2)17(23)15-16(13-8-7-9-14(26-5)19(13)27-6)22(11-10-21(3)4)20(25)18(15)24/h7-9,12,16,24H,10-11H2,1-6H3. The third-order valence-electron chi connectivity index (χ3n) is 4.61. The van der Waals surface area contributed by atoms with Crippen LogP contribution in [0, 0.1) is 5.92 Å². The summed E-state index contributed by atoms with van der Waals surface area (Å²) in [5.74, 6) is -0.710. The Hall–Kier alpha value is -2.54. The molecule has 27 heavy (non-hydrogen) atoms. The number of carbonyl (C=O) groups excluding carboxylic acids is 2. The van der Waals surface area contributed by atoms with Crippen molar-refractivity contribution < 1.29 is 24.2 Å². The summed E-state index contributed by atoms with van der Waals surface area (Å²) in [4.78, 5) is 29.1. The summed E-state index contributed by atoms with van der Waals surface area (Å²) >= 11 is 0. The SMILES string of the molecule is COc1cccc(C2C(C(=O)C(C)C)=C(O)C(=O)N2CCN(C)C)c1OC. The number of ether oxygens (including phenoxy) is 2. The van der Waals surface area contributed by atoms with Crippen molar-refractivity contribution in [2.75, 3.05) is 41.4 Å². The average molecular weight is 376 g/mol. The fourth-order valence-corrected chi connectivity index (χ4v) is 3.21. The lowest BCUT2D eigenvalue weighted by Gasteiger charge is -2.29. The van der Waals surface area contributed by atoms with Crippen molar-refractivity contribution in [2.24, 2.45) is 5.92 Å². The largest absolute Gasteiger partial charge is 0.503 e. The molecule has 1 aliphatic heterocycles. The molecule has 0 aromatic heterocycles. The number of amides is 1. The molecule has 1 aliphatic rings. The number of rotatable bonds is 8. The van der Waals surface area contributed by atoms with Crippen LogP contribution >= 0.6 is 0 Å². The van der Waals surface area contributed by atoms with Crippen LogP contribution in [0.3, 0.4) is 0 Å². The van der Waals surface area contributed by atoms with Gasteiger partial charge in [-0.05, 0) is 20.2 Å². The first-order valence-electron chi connectivity index (χ1n) is 8.88. The highest BCUT2D eigenvalue weighted by Crippen LogP contribution is 2.45. The molecule has 1 aromatic rings. The predicted octanol–water partition coefficient (Wildman–Crippen LogP) is 2.19. The molecule has 1 N–H and O–H groups in total. The van der Waals surface area contributed by atoms with Crippen molar-refractivity contribution in [1.29, 1.82) is 0 Å². The second-order valence-corrected chi connectivity index (χ2v) is 7.07. The zero-order chi connectivity index (χ0) is 20.3. The van der Waals surface area contributed by atoms with E-state index in [0.29, 0.717) is 30.2 Å². The molecule has 1 atom stereocenters. The van der Waals surface area contributed by atoms with Gasteiger partial charge in [-0.2, -0.15) is 0 Å². The molecule has 0 spiro atoms. The Labute approximate surface area is 160 Å². The maximum atomic E-state index is 12.8. The molecule has 0 saturated carbocycles. The van der Waals surface area contributed by atoms with Crippen LogP contribution in [-0.2, 0) is 9.59 Å². The fraction of sp³-hybridized carbons (Fsp3) is 0.500. The number of nitrogens with zero attached hydrogens (tertiary/aromatic N) is 2. The normalized spacial score (nSPS) is 17.3. The van der Waals surface area contributed by atoms with Gasteiger partial charge in [0.25, 0.3) is 5.91 Å². The minimum Gasteiger partial charge on any atom is -0.503 e. The minimum atomic E-state index is -0.725. The van der Waals surface area contributed by atoms with Gasteiger partial charge in [0.1, 0.15) is 0 Å². The quantitative estimate of drug-likeness (QED) is 0.749. The summed E-state index contributed by atoms with van der Waals surface area (Å²) in [5, 5.41) is 10.5. The van der Waals surface area contributed by atoms with Crippen LogP contribution in [0.2, 0.25) is 0 Å². The number of hydrogen-bond donors (Lipinski definition) is 1. The summed E-state index contributed by atoms with van der Waals surface area (Å²) in [7, 11) is 6.83. The Morgan fingerprint density at radius 2 is 1.93 bits per heavy atom. The highest BCUT2D eigenvalue weighted by molar-refractivity contribution is 6.09. The van der Waals surface area contributed by atoms with Gasteiger partial charge in [-0.1, -0.05) is 26.0 Å². The van der Waals surface area contributed by atoms with E-state index < -0.39 is 17.7 Å². The monoisotopic (exact) mass is 376 g/mol. The highest BCUT2D eigenvalue weighted by Gasteiger charge is 2.45. The van der Waals surface area contributed by atoms with E-state index in [2.05, 4.69) is 0 Å². The van der Waals surface area contributed by atoms with Crippen LogP contribution < -0.4 is 9.47 Å². The van der Waals surface area contributed by atoms with Crippen LogP contribution in [0.4, 0.5) is 0 Å². The van der Waals surface area contributed by atoms with Gasteiger partial charge in [-0.15, -0.1) is 0 Å². The summed E-state index contributed by atoms with van der Waals surface area (Å²) < 4.78 is 10.9. The molecule has 0 saturated heterocycles. The Balaban J connectivity index is 2.64. The lowest BCUT2D eigenvalue weighted by molar-refractivity contribution is -0.129. The van der Waals surface area contributed by atoms with Crippen molar-refractivity contribution in [3.05, 3.63) is 35.1 Å². The molecular weight excluding hydrogens is 348 g/mol. The molecule has 0 bridgehead atoms. The van der Waals surface area contributed by atoms with E-state index in [-0.39, 0.29) is 17.3 Å². The number of carbonyl (C=O) groups is 2. The summed E-state index contributed by atoms with van der Waals surface area (Å²) in [5.41, 5.74) is 0.720. The third kappa shape index (κ3) is 3.93. The van der Waals surface area contributed by atoms with E-state index in [0.717, 1.165) is 0 Å². The van der Waals surface area contributed by atoms with Crippen LogP contribution in [0.25, 0.3) is 0 Å². The number of ketones is 1. The summed E-state index contributed by atoms with van der Waals surface area (Å²) in [6.45, 7) is 4.44. The number of hydrogen-bond acceptors (Lipinski definition) is 6. The van der Waals surface area contributed by atoms with Gasteiger partial charge in [0, 0.05) is 24.6 Å². The molecule has 2 rings (SSSR count). The van der Waals surface area contributed by atoms with Gasteiger partial charge in [0.05, 0.1) is 25.8 Å². The van der Waals surface area contributed by atoms with Crippen LogP contribution in [0.1, 0.15) is 25.5 Å². The molecule has 1 heterocycles. The summed E-state index contributed by atoms with van der Waals surface area (Å²) in [6.07, 6.45) is 0. The molecule has 0 aliphatic carbocycles. The molecule has 1 aromatic carbocycles. The number of aliphatic hydroxyl groups is 1. The first-order chi connectivity index (χ1) is 12.7. The predicted molar refractivity (Wildman–Crippen MR) is 102 cm³/mol. The van der Waals surface area contributed by atoms with Gasteiger partial charge >= 0.3 is 0 Å². The van der Waals surface area contributed by atoms with Crippen molar-refractivity contribution in [3.63, 3.8) is 0 Å². The third-order valence-corrected chi connectivity index (χ3v) is 4.61. The van der Waals surface area contributed by atoms with Crippen molar-refractivity contribution in [2.45, 2.75) is 19.9 Å². The minimum absolute atomic E-state index is 0.111. The number of aliphatic hydroxyl groups excluding tert-OH is 1. The van der Waals surface area contributed by atoms with E-state index in [1.807, 2.05) is 19.0 Å². The second-order valence-electron chi connectivity index (χ2n) is 7.07. The molecule has 0 fully saturated rings. The van der Waals surface area contributed by atoms with Crippen LogP contribution in [-0.4, -0.2) is 68.0 Å². The number of para-hydroxylation sites is 1. The Morgan fingerprint density at radius 1 is 1.26 bits per heavy atom.